The number of alkyl halides is 3. The molecule has 2 heterocycles. The van der Waals surface area contributed by atoms with Crippen molar-refractivity contribution in [3.63, 3.8) is 0 Å². The fraction of sp³-hybridized carbons (Fsp3) is 0.417. The summed E-state index contributed by atoms with van der Waals surface area (Å²) in [6.45, 7) is 3.27. The summed E-state index contributed by atoms with van der Waals surface area (Å²) in [4.78, 5) is 24.4. The van der Waals surface area contributed by atoms with E-state index in [9.17, 15) is 28.2 Å². The van der Waals surface area contributed by atoms with Gasteiger partial charge in [-0.3, -0.25) is 4.79 Å². The number of thiazole rings is 1. The van der Waals surface area contributed by atoms with Crippen LogP contribution in [0.1, 0.15) is 48.9 Å². The Morgan fingerprint density at radius 3 is 2.61 bits per heavy atom. The van der Waals surface area contributed by atoms with Crippen molar-refractivity contribution in [2.45, 2.75) is 63.5 Å². The number of halogens is 3. The first-order valence-electron chi connectivity index (χ1n) is 11.4. The molecule has 3 aromatic rings. The second-order valence-corrected chi connectivity index (χ2v) is 10.0. The zero-order valence-electron chi connectivity index (χ0n) is 19.6. The van der Waals surface area contributed by atoms with Crippen LogP contribution < -0.4 is 10.6 Å². The average molecular weight is 522 g/mol. The van der Waals surface area contributed by atoms with Crippen molar-refractivity contribution in [3.8, 4) is 10.4 Å². The van der Waals surface area contributed by atoms with Crippen molar-refractivity contribution < 1.29 is 28.2 Å². The Morgan fingerprint density at radius 2 is 1.94 bits per heavy atom. The first kappa shape index (κ1) is 26.0. The lowest BCUT2D eigenvalue weighted by molar-refractivity contribution is -0.141. The number of aliphatic hydroxyl groups excluding tert-OH is 1. The van der Waals surface area contributed by atoms with Crippen molar-refractivity contribution in [1.29, 1.82) is 0 Å². The highest BCUT2D eigenvalue weighted by molar-refractivity contribution is 7.15. The van der Waals surface area contributed by atoms with Gasteiger partial charge in [-0.15, -0.1) is 11.3 Å². The number of amides is 1. The van der Waals surface area contributed by atoms with Gasteiger partial charge in [-0.1, -0.05) is 6.07 Å². The molecule has 1 aliphatic rings. The van der Waals surface area contributed by atoms with E-state index in [1.807, 2.05) is 13.0 Å². The Balaban J connectivity index is 1.49. The highest BCUT2D eigenvalue weighted by Gasteiger charge is 2.38. The van der Waals surface area contributed by atoms with E-state index in [1.165, 1.54) is 18.3 Å². The van der Waals surface area contributed by atoms with Gasteiger partial charge < -0.3 is 20.8 Å². The minimum absolute atomic E-state index is 0.115. The maximum atomic E-state index is 13.0. The molecule has 1 aromatic carbocycles. The number of carbonyl (C=O) groups excluding carboxylic acids is 1. The van der Waals surface area contributed by atoms with Gasteiger partial charge in [-0.25, -0.2) is 15.0 Å². The second-order valence-electron chi connectivity index (χ2n) is 9.00. The van der Waals surface area contributed by atoms with Gasteiger partial charge in [0.1, 0.15) is 22.4 Å². The summed E-state index contributed by atoms with van der Waals surface area (Å²) >= 11 is 1.34. The summed E-state index contributed by atoms with van der Waals surface area (Å²) in [6, 6.07) is 6.15. The van der Waals surface area contributed by atoms with Gasteiger partial charge in [0.2, 0.25) is 11.9 Å². The summed E-state index contributed by atoms with van der Waals surface area (Å²) in [6.07, 6.45) is -0.997. The zero-order chi connectivity index (χ0) is 26.1. The van der Waals surface area contributed by atoms with E-state index in [2.05, 4.69) is 25.6 Å². The SMILES string of the molecule is Cc1cc(Nc2nccc(C(F)(F)F)n2)cc(-c2cnc([C@]3(O)CC[C@H](NC(=O)[C@@H](C)O)CC3)s2)c1. The van der Waals surface area contributed by atoms with E-state index >= 15 is 0 Å². The van der Waals surface area contributed by atoms with Gasteiger partial charge in [0.25, 0.3) is 0 Å². The molecule has 192 valence electrons. The van der Waals surface area contributed by atoms with Crippen LogP contribution >= 0.6 is 11.3 Å². The summed E-state index contributed by atoms with van der Waals surface area (Å²) in [7, 11) is 0. The number of aliphatic hydroxyl groups is 2. The van der Waals surface area contributed by atoms with Crippen LogP contribution in [0.4, 0.5) is 24.8 Å². The summed E-state index contributed by atoms with van der Waals surface area (Å²) in [5, 5.41) is 26.8. The first-order chi connectivity index (χ1) is 16.9. The number of anilines is 2. The van der Waals surface area contributed by atoms with Crippen molar-refractivity contribution in [2.75, 3.05) is 5.32 Å². The average Bonchev–Trinajstić information content (AvgIpc) is 3.31. The van der Waals surface area contributed by atoms with Crippen LogP contribution in [0.3, 0.4) is 0 Å². The molecule has 8 nitrogen and oxygen atoms in total. The molecule has 0 bridgehead atoms. The van der Waals surface area contributed by atoms with Crippen molar-refractivity contribution in [2.24, 2.45) is 0 Å². The fourth-order valence-electron chi connectivity index (χ4n) is 4.10. The molecule has 0 radical (unpaired) electrons. The third-order valence-corrected chi connectivity index (χ3v) is 7.25. The number of hydrogen-bond donors (Lipinski definition) is 4. The first-order valence-corrected chi connectivity index (χ1v) is 12.2. The zero-order valence-corrected chi connectivity index (χ0v) is 20.5. The molecule has 0 aliphatic heterocycles. The molecule has 1 saturated carbocycles. The Morgan fingerprint density at radius 1 is 1.22 bits per heavy atom. The number of nitrogens with one attached hydrogen (secondary N) is 2. The smallest absolute Gasteiger partial charge is 0.384 e. The molecular weight excluding hydrogens is 495 g/mol. The van der Waals surface area contributed by atoms with E-state index in [1.54, 1.807) is 18.3 Å². The number of hydrogen-bond acceptors (Lipinski definition) is 8. The number of aryl methyl sites for hydroxylation is 1. The highest BCUT2D eigenvalue weighted by Crippen LogP contribution is 2.41. The Hall–Kier alpha value is -3.09. The molecule has 1 fully saturated rings. The molecule has 0 unspecified atom stereocenters. The minimum atomic E-state index is -4.57. The monoisotopic (exact) mass is 521 g/mol. The molecule has 2 aromatic heterocycles. The predicted molar refractivity (Wildman–Crippen MR) is 129 cm³/mol. The van der Waals surface area contributed by atoms with Gasteiger partial charge in [0, 0.05) is 24.1 Å². The summed E-state index contributed by atoms with van der Waals surface area (Å²) < 4.78 is 38.9. The van der Waals surface area contributed by atoms with Crippen molar-refractivity contribution in [1.82, 2.24) is 20.3 Å². The van der Waals surface area contributed by atoms with Crippen LogP contribution in [0.25, 0.3) is 10.4 Å². The molecule has 1 amide bonds. The Bertz CT molecular complexity index is 1240. The number of nitrogens with zero attached hydrogens (tertiary/aromatic N) is 3. The van der Waals surface area contributed by atoms with Crippen LogP contribution in [-0.4, -0.2) is 43.2 Å². The largest absolute Gasteiger partial charge is 0.433 e. The number of benzene rings is 1. The summed E-state index contributed by atoms with van der Waals surface area (Å²) in [5.74, 6) is -0.596. The van der Waals surface area contributed by atoms with Gasteiger partial charge in [0.05, 0.1) is 4.88 Å². The lowest BCUT2D eigenvalue weighted by atomic mass is 9.82. The van der Waals surface area contributed by atoms with Gasteiger partial charge in [-0.2, -0.15) is 13.2 Å². The maximum Gasteiger partial charge on any atom is 0.433 e. The molecule has 0 saturated heterocycles. The second kappa shape index (κ2) is 10.1. The van der Waals surface area contributed by atoms with E-state index in [0.29, 0.717) is 36.4 Å². The number of aromatic nitrogens is 3. The predicted octanol–water partition coefficient (Wildman–Crippen LogP) is 4.30. The Labute approximate surface area is 209 Å². The normalized spacial score (nSPS) is 21.1. The van der Waals surface area contributed by atoms with E-state index < -0.39 is 29.5 Å². The highest BCUT2D eigenvalue weighted by atomic mass is 32.1. The van der Waals surface area contributed by atoms with Gasteiger partial charge in [0.15, 0.2) is 0 Å². The molecular formula is C24H26F3N5O3S. The lowest BCUT2D eigenvalue weighted by Crippen LogP contribution is -2.45. The van der Waals surface area contributed by atoms with Gasteiger partial charge >= 0.3 is 6.18 Å². The van der Waals surface area contributed by atoms with Crippen LogP contribution in [-0.2, 0) is 16.6 Å². The molecule has 1 aliphatic carbocycles. The topological polar surface area (TPSA) is 120 Å². The minimum Gasteiger partial charge on any atom is -0.384 e. The standard InChI is InChI=1S/C24H26F3N5O3S/c1-13-9-15(11-17(10-13)31-22-28-8-5-19(32-22)24(25,26)27)18-12-29-21(36-18)23(35)6-3-16(4-7-23)30-20(34)14(2)33/h5,8-12,14,16,33,35H,3-4,6-7H2,1-2H3,(H,30,34)(H,28,31,32)/t14-,16-,23-/m1/s1. The molecule has 0 spiro atoms. The van der Waals surface area contributed by atoms with E-state index in [0.717, 1.165) is 28.3 Å². The third kappa shape index (κ3) is 6.00. The molecule has 1 atom stereocenters. The van der Waals surface area contributed by atoms with Crippen LogP contribution in [0.2, 0.25) is 0 Å². The fourth-order valence-corrected chi connectivity index (χ4v) is 5.15. The van der Waals surface area contributed by atoms with Crippen molar-refractivity contribution in [3.05, 3.63) is 52.9 Å². The van der Waals surface area contributed by atoms with Crippen molar-refractivity contribution >= 4 is 28.9 Å². The van der Waals surface area contributed by atoms with Crippen LogP contribution in [0.15, 0.2) is 36.7 Å². The number of rotatable bonds is 6. The molecule has 4 rings (SSSR count). The van der Waals surface area contributed by atoms with Crippen LogP contribution in [0.5, 0.6) is 0 Å². The maximum absolute atomic E-state index is 13.0. The quantitative estimate of drug-likeness (QED) is 0.382. The third-order valence-electron chi connectivity index (χ3n) is 6.01. The lowest BCUT2D eigenvalue weighted by Gasteiger charge is -2.35. The van der Waals surface area contributed by atoms with Gasteiger partial charge in [-0.05, 0) is 68.9 Å². The van der Waals surface area contributed by atoms with E-state index in [4.69, 9.17) is 0 Å². The van der Waals surface area contributed by atoms with E-state index in [-0.39, 0.29) is 12.0 Å². The molecule has 12 heteroatoms. The van der Waals surface area contributed by atoms with Crippen LogP contribution in [0, 0.1) is 6.92 Å². The summed E-state index contributed by atoms with van der Waals surface area (Å²) in [5.41, 5.74) is 0.0200. The molecule has 4 N–H and O–H groups in total. The Kier molecular flexibility index (Phi) is 7.30. The molecule has 36 heavy (non-hydrogen) atoms. The number of carbonyl (C=O) groups is 1.